The number of nitrogens with one attached hydrogen (secondary N) is 2. The zero-order chi connectivity index (χ0) is 38.6. The van der Waals surface area contributed by atoms with Gasteiger partial charge in [-0.3, -0.25) is 0 Å². The summed E-state index contributed by atoms with van der Waals surface area (Å²) in [4.78, 5) is 38.8. The molecule has 13 heteroatoms. The van der Waals surface area contributed by atoms with Crippen molar-refractivity contribution >= 4 is 18.2 Å². The summed E-state index contributed by atoms with van der Waals surface area (Å²) in [6, 6.07) is 29.3. The van der Waals surface area contributed by atoms with Gasteiger partial charge in [0.05, 0.1) is 0 Å². The Morgan fingerprint density at radius 3 is 1.40 bits per heavy atom. The molecule has 0 saturated heterocycles. The van der Waals surface area contributed by atoms with Gasteiger partial charge in [0.15, 0.2) is 0 Å². The van der Waals surface area contributed by atoms with Crippen molar-refractivity contribution in [2.24, 2.45) is 0 Å². The van der Waals surface area contributed by atoms with Crippen LogP contribution in [-0.4, -0.2) is 44.0 Å². The van der Waals surface area contributed by atoms with Crippen LogP contribution in [0.3, 0.4) is 0 Å². The van der Waals surface area contributed by atoms with Crippen LogP contribution >= 0.6 is 0 Å². The maximum atomic E-state index is 14.4. The summed E-state index contributed by atoms with van der Waals surface area (Å²) in [6.07, 6.45) is -1.61. The van der Waals surface area contributed by atoms with Gasteiger partial charge in [-0.15, -0.1) is 0 Å². The molecule has 2 amide bonds. The van der Waals surface area contributed by atoms with Crippen LogP contribution in [0.25, 0.3) is 22.3 Å². The quantitative estimate of drug-likeness (QED) is 0.0329. The lowest BCUT2D eigenvalue weighted by Crippen LogP contribution is -2.44. The number of rotatable bonds is 12. The molecule has 0 saturated carbocycles. The topological polar surface area (TPSA) is 103 Å². The molecule has 0 aromatic heterocycles. The zero-order valence-corrected chi connectivity index (χ0v) is 29.1. The van der Waals surface area contributed by atoms with Gasteiger partial charge in [-0.1, -0.05) is 97.1 Å². The fourth-order valence-corrected chi connectivity index (χ4v) is 7.19. The zero-order valence-electron chi connectivity index (χ0n) is 29.1. The maximum absolute atomic E-state index is 14.4. The number of hydrogen-bond acceptors (Lipinski definition) is 6. The van der Waals surface area contributed by atoms with Gasteiger partial charge >= 0.3 is 18.2 Å². The summed E-state index contributed by atoms with van der Waals surface area (Å²) in [5.74, 6) is -15.5. The number of halogens is 5. The minimum atomic E-state index is -2.42. The molecule has 5 aromatic rings. The summed E-state index contributed by atoms with van der Waals surface area (Å²) < 4.78 is 85.8. The molecule has 2 aliphatic carbocycles. The molecule has 0 fully saturated rings. The highest BCUT2D eigenvalue weighted by atomic mass is 19.2. The SMILES string of the molecule is O=C(NCCCC[C@H](NC(=O)OCC1c2ccccc2-c2ccccc21)C(=O)Oc1c(F)c(F)c(F)c(F)c1F)OCC1c2ccccc2-c2ccccc21. The minimum Gasteiger partial charge on any atom is -0.449 e. The molecule has 1 atom stereocenters. The van der Waals surface area contributed by atoms with E-state index in [0.29, 0.717) is 0 Å². The van der Waals surface area contributed by atoms with Gasteiger partial charge in [-0.25, -0.2) is 27.6 Å². The van der Waals surface area contributed by atoms with Crippen LogP contribution in [0.4, 0.5) is 31.5 Å². The Morgan fingerprint density at radius 2 is 0.945 bits per heavy atom. The first-order valence-corrected chi connectivity index (χ1v) is 17.6. The fraction of sp³-hybridized carbons (Fsp3) is 0.214. The molecule has 7 rings (SSSR count). The molecule has 0 aliphatic heterocycles. The Balaban J connectivity index is 0.963. The molecular formula is C42H33F5N2O6. The van der Waals surface area contributed by atoms with E-state index in [2.05, 4.69) is 15.4 Å². The van der Waals surface area contributed by atoms with Crippen molar-refractivity contribution in [2.75, 3.05) is 19.8 Å². The normalized spacial score (nSPS) is 13.3. The Labute approximate surface area is 312 Å². The van der Waals surface area contributed by atoms with E-state index in [0.717, 1.165) is 44.5 Å². The smallest absolute Gasteiger partial charge is 0.407 e. The Bertz CT molecular complexity index is 2160. The van der Waals surface area contributed by atoms with Crippen molar-refractivity contribution in [3.63, 3.8) is 0 Å². The number of esters is 1. The maximum Gasteiger partial charge on any atom is 0.407 e. The molecule has 0 heterocycles. The highest BCUT2D eigenvalue weighted by Crippen LogP contribution is 2.45. The van der Waals surface area contributed by atoms with E-state index in [1.165, 1.54) is 0 Å². The molecule has 5 aromatic carbocycles. The van der Waals surface area contributed by atoms with E-state index in [9.17, 15) is 36.3 Å². The van der Waals surface area contributed by atoms with E-state index in [1.807, 2.05) is 97.1 Å². The van der Waals surface area contributed by atoms with E-state index >= 15 is 0 Å². The van der Waals surface area contributed by atoms with Gasteiger partial charge in [0.1, 0.15) is 19.3 Å². The lowest BCUT2D eigenvalue weighted by atomic mass is 9.98. The fourth-order valence-electron chi connectivity index (χ4n) is 7.19. The summed E-state index contributed by atoms with van der Waals surface area (Å²) in [5, 5.41) is 4.93. The van der Waals surface area contributed by atoms with Crippen LogP contribution in [-0.2, 0) is 14.3 Å². The Kier molecular flexibility index (Phi) is 10.8. The van der Waals surface area contributed by atoms with Crippen LogP contribution < -0.4 is 15.4 Å². The molecular weight excluding hydrogens is 723 g/mol. The molecule has 2 N–H and O–H groups in total. The van der Waals surface area contributed by atoms with Crippen LogP contribution in [0.15, 0.2) is 97.1 Å². The number of carbonyl (C=O) groups excluding carboxylic acids is 3. The number of carbonyl (C=O) groups is 3. The highest BCUT2D eigenvalue weighted by Gasteiger charge is 2.33. The third-order valence-electron chi connectivity index (χ3n) is 9.83. The average molecular weight is 757 g/mol. The average Bonchev–Trinajstić information content (AvgIpc) is 3.71. The van der Waals surface area contributed by atoms with Crippen molar-refractivity contribution in [1.82, 2.24) is 10.6 Å². The molecule has 55 heavy (non-hydrogen) atoms. The molecule has 0 bridgehead atoms. The largest absolute Gasteiger partial charge is 0.449 e. The number of ether oxygens (including phenoxy) is 3. The molecule has 8 nitrogen and oxygen atoms in total. The van der Waals surface area contributed by atoms with Crippen LogP contribution in [0.2, 0.25) is 0 Å². The van der Waals surface area contributed by atoms with Gasteiger partial charge in [-0.2, -0.15) is 8.78 Å². The number of fused-ring (bicyclic) bond motifs is 6. The van der Waals surface area contributed by atoms with Crippen molar-refractivity contribution in [3.8, 4) is 28.0 Å². The number of alkyl carbamates (subject to hydrolysis) is 2. The van der Waals surface area contributed by atoms with E-state index in [1.54, 1.807) is 0 Å². The Morgan fingerprint density at radius 1 is 0.545 bits per heavy atom. The number of amides is 2. The third kappa shape index (κ3) is 7.46. The first kappa shape index (κ1) is 37.1. The van der Waals surface area contributed by atoms with Crippen molar-refractivity contribution in [1.29, 1.82) is 0 Å². The van der Waals surface area contributed by atoms with E-state index in [-0.39, 0.29) is 50.9 Å². The summed E-state index contributed by atoms with van der Waals surface area (Å²) >= 11 is 0. The summed E-state index contributed by atoms with van der Waals surface area (Å²) in [7, 11) is 0. The predicted molar refractivity (Wildman–Crippen MR) is 191 cm³/mol. The van der Waals surface area contributed by atoms with Gasteiger partial charge in [0.2, 0.25) is 34.8 Å². The number of unbranched alkanes of at least 4 members (excludes halogenated alkanes) is 1. The molecule has 0 unspecified atom stereocenters. The predicted octanol–water partition coefficient (Wildman–Crippen LogP) is 8.90. The van der Waals surface area contributed by atoms with Crippen LogP contribution in [0, 0.1) is 29.1 Å². The third-order valence-corrected chi connectivity index (χ3v) is 9.83. The second-order valence-electron chi connectivity index (χ2n) is 13.1. The molecule has 282 valence electrons. The number of hydrogen-bond donors (Lipinski definition) is 2. The second-order valence-corrected chi connectivity index (χ2v) is 13.1. The first-order valence-electron chi connectivity index (χ1n) is 17.6. The highest BCUT2D eigenvalue weighted by molar-refractivity contribution is 5.83. The molecule has 0 spiro atoms. The van der Waals surface area contributed by atoms with Crippen LogP contribution in [0.5, 0.6) is 5.75 Å². The van der Waals surface area contributed by atoms with Gasteiger partial charge in [0, 0.05) is 18.4 Å². The van der Waals surface area contributed by atoms with Crippen molar-refractivity contribution in [2.45, 2.75) is 37.1 Å². The lowest BCUT2D eigenvalue weighted by molar-refractivity contribution is -0.137. The minimum absolute atomic E-state index is 0.0844. The molecule has 0 radical (unpaired) electrons. The summed E-state index contributed by atoms with van der Waals surface area (Å²) in [5.41, 5.74) is 8.03. The van der Waals surface area contributed by atoms with E-state index < -0.39 is 59.0 Å². The first-order chi connectivity index (χ1) is 26.6. The monoisotopic (exact) mass is 756 g/mol. The Hall–Kier alpha value is -6.24. The van der Waals surface area contributed by atoms with Crippen molar-refractivity contribution < 1.29 is 50.5 Å². The second kappa shape index (κ2) is 16.0. The standard InChI is InChI=1S/C42H33F5N2O6/c43-34-35(44)37(46)39(38(47)36(34)45)55-40(50)33(49-42(52)54-22-32-29-17-7-3-13-25(29)26-14-4-8-18-30(26)32)19-9-10-20-48-41(51)53-21-31-27-15-5-1-11-23(27)24-12-2-6-16-28(24)31/h1-8,11-18,31-33H,9-10,19-22H2,(H,48,51)(H,49,52)/t33-/m0/s1. The van der Waals surface area contributed by atoms with Crippen molar-refractivity contribution in [3.05, 3.63) is 148 Å². The molecule has 2 aliphatic rings. The number of benzene rings is 5. The van der Waals surface area contributed by atoms with E-state index in [4.69, 9.17) is 9.47 Å². The lowest BCUT2D eigenvalue weighted by Gasteiger charge is -2.20. The van der Waals surface area contributed by atoms with Crippen LogP contribution in [0.1, 0.15) is 53.4 Å². The van der Waals surface area contributed by atoms with Gasteiger partial charge in [-0.05, 0) is 63.8 Å². The summed E-state index contributed by atoms with van der Waals surface area (Å²) in [6.45, 7) is 0.0415. The van der Waals surface area contributed by atoms with Gasteiger partial charge < -0.3 is 24.8 Å². The van der Waals surface area contributed by atoms with Gasteiger partial charge in [0.25, 0.3) is 0 Å².